The molecule has 1 aliphatic heterocycles. The zero-order chi connectivity index (χ0) is 12.1. The van der Waals surface area contributed by atoms with Crippen molar-refractivity contribution in [3.8, 4) is 5.75 Å². The SMILES string of the molecule is O=CN1CCN(N=Nc2cccc(O)c2)CC1. The van der Waals surface area contributed by atoms with E-state index in [1.54, 1.807) is 29.2 Å². The number of phenols is 1. The summed E-state index contributed by atoms with van der Waals surface area (Å²) in [5.41, 5.74) is 0.614. The number of phenolic OH excluding ortho intramolecular Hbond substituents is 1. The predicted octanol–water partition coefficient (Wildman–Crippen LogP) is 1.16. The molecule has 1 aliphatic rings. The normalized spacial score (nSPS) is 16.5. The number of piperazine rings is 1. The lowest BCUT2D eigenvalue weighted by molar-refractivity contribution is -0.119. The molecule has 0 aromatic heterocycles. The second-order valence-electron chi connectivity index (χ2n) is 3.80. The fourth-order valence-electron chi connectivity index (χ4n) is 1.58. The van der Waals surface area contributed by atoms with Crippen LogP contribution in [0.25, 0.3) is 0 Å². The number of rotatable bonds is 3. The Morgan fingerprint density at radius 1 is 1.24 bits per heavy atom. The molecule has 1 N–H and O–H groups in total. The van der Waals surface area contributed by atoms with Gasteiger partial charge in [-0.05, 0) is 12.1 Å². The monoisotopic (exact) mass is 234 g/mol. The lowest BCUT2D eigenvalue weighted by Crippen LogP contribution is -2.43. The van der Waals surface area contributed by atoms with Crippen molar-refractivity contribution in [3.05, 3.63) is 24.3 Å². The van der Waals surface area contributed by atoms with Gasteiger partial charge in [-0.25, -0.2) is 0 Å². The van der Waals surface area contributed by atoms with Crippen molar-refractivity contribution in [1.29, 1.82) is 0 Å². The van der Waals surface area contributed by atoms with Crippen molar-refractivity contribution >= 4 is 12.1 Å². The average molecular weight is 234 g/mol. The number of amides is 1. The Hall–Kier alpha value is -2.11. The van der Waals surface area contributed by atoms with Crippen molar-refractivity contribution in [2.45, 2.75) is 0 Å². The fourth-order valence-corrected chi connectivity index (χ4v) is 1.58. The summed E-state index contributed by atoms with van der Waals surface area (Å²) in [5.74, 6) is 0.173. The smallest absolute Gasteiger partial charge is 0.209 e. The van der Waals surface area contributed by atoms with E-state index in [0.717, 1.165) is 6.41 Å². The van der Waals surface area contributed by atoms with Crippen LogP contribution in [0.2, 0.25) is 0 Å². The molecule has 0 radical (unpaired) electrons. The zero-order valence-electron chi connectivity index (χ0n) is 9.36. The van der Waals surface area contributed by atoms with Gasteiger partial charge in [0.05, 0.1) is 18.8 Å². The molecule has 1 aromatic carbocycles. The van der Waals surface area contributed by atoms with Gasteiger partial charge in [-0.15, -0.1) is 5.11 Å². The lowest BCUT2D eigenvalue weighted by atomic mass is 10.3. The second-order valence-corrected chi connectivity index (χ2v) is 3.80. The van der Waals surface area contributed by atoms with Gasteiger partial charge in [0, 0.05) is 19.2 Å². The van der Waals surface area contributed by atoms with Gasteiger partial charge >= 0.3 is 0 Å². The van der Waals surface area contributed by atoms with Crippen LogP contribution >= 0.6 is 0 Å². The van der Waals surface area contributed by atoms with Gasteiger partial charge in [-0.2, -0.15) is 0 Å². The van der Waals surface area contributed by atoms with Crippen molar-refractivity contribution in [3.63, 3.8) is 0 Å². The van der Waals surface area contributed by atoms with E-state index < -0.39 is 0 Å². The van der Waals surface area contributed by atoms with Crippen molar-refractivity contribution in [1.82, 2.24) is 9.91 Å². The van der Waals surface area contributed by atoms with Crippen LogP contribution in [0.4, 0.5) is 5.69 Å². The van der Waals surface area contributed by atoms with E-state index in [9.17, 15) is 9.90 Å². The first-order valence-corrected chi connectivity index (χ1v) is 5.43. The third kappa shape index (κ3) is 3.17. The number of carbonyl (C=O) groups excluding carboxylic acids is 1. The standard InChI is InChI=1S/C11H14N4O2/c16-9-14-4-6-15(7-5-14)13-12-10-2-1-3-11(17)8-10/h1-3,8-9,17H,4-7H2. The molecular formula is C11H14N4O2. The first-order valence-electron chi connectivity index (χ1n) is 5.43. The van der Waals surface area contributed by atoms with Crippen LogP contribution in [0.1, 0.15) is 0 Å². The summed E-state index contributed by atoms with van der Waals surface area (Å²) in [5, 5.41) is 19.2. The van der Waals surface area contributed by atoms with E-state index in [2.05, 4.69) is 10.3 Å². The molecule has 0 bridgehead atoms. The zero-order valence-corrected chi connectivity index (χ0v) is 9.36. The summed E-state index contributed by atoms with van der Waals surface area (Å²) in [6, 6.07) is 6.62. The maximum absolute atomic E-state index is 10.5. The number of hydrogen-bond acceptors (Lipinski definition) is 4. The van der Waals surface area contributed by atoms with Crippen LogP contribution in [-0.2, 0) is 4.79 Å². The summed E-state index contributed by atoms with van der Waals surface area (Å²) >= 11 is 0. The molecule has 1 amide bonds. The molecule has 0 saturated carbocycles. The summed E-state index contributed by atoms with van der Waals surface area (Å²) < 4.78 is 0. The Bertz CT molecular complexity index is 414. The number of nitrogens with zero attached hydrogens (tertiary/aromatic N) is 4. The molecular weight excluding hydrogens is 220 g/mol. The van der Waals surface area contributed by atoms with E-state index in [0.29, 0.717) is 31.9 Å². The van der Waals surface area contributed by atoms with E-state index >= 15 is 0 Å². The number of benzene rings is 1. The lowest BCUT2D eigenvalue weighted by Gasteiger charge is -2.29. The molecule has 1 fully saturated rings. The minimum Gasteiger partial charge on any atom is -0.508 e. The van der Waals surface area contributed by atoms with E-state index in [-0.39, 0.29) is 5.75 Å². The van der Waals surface area contributed by atoms with Crippen LogP contribution < -0.4 is 0 Å². The summed E-state index contributed by atoms with van der Waals surface area (Å²) in [4.78, 5) is 12.2. The van der Waals surface area contributed by atoms with Crippen LogP contribution in [0.15, 0.2) is 34.6 Å². The minimum absolute atomic E-state index is 0.173. The first-order chi connectivity index (χ1) is 8.28. The molecule has 90 valence electrons. The first kappa shape index (κ1) is 11.4. The van der Waals surface area contributed by atoms with Crippen LogP contribution in [0.5, 0.6) is 5.75 Å². The summed E-state index contributed by atoms with van der Waals surface area (Å²) in [6.07, 6.45) is 0.851. The molecule has 1 aromatic rings. The van der Waals surface area contributed by atoms with Gasteiger partial charge in [0.2, 0.25) is 6.41 Å². The van der Waals surface area contributed by atoms with Gasteiger partial charge in [-0.3, -0.25) is 9.80 Å². The third-order valence-electron chi connectivity index (χ3n) is 2.56. The van der Waals surface area contributed by atoms with E-state index in [4.69, 9.17) is 0 Å². The molecule has 6 heteroatoms. The predicted molar refractivity (Wildman–Crippen MR) is 61.8 cm³/mol. The molecule has 1 saturated heterocycles. The fraction of sp³-hybridized carbons (Fsp3) is 0.364. The maximum atomic E-state index is 10.5. The Morgan fingerprint density at radius 2 is 2.00 bits per heavy atom. The minimum atomic E-state index is 0.173. The van der Waals surface area contributed by atoms with Gasteiger partial charge in [0.15, 0.2) is 0 Å². The van der Waals surface area contributed by atoms with E-state index in [1.165, 1.54) is 0 Å². The molecule has 1 heterocycles. The van der Waals surface area contributed by atoms with E-state index in [1.807, 2.05) is 5.01 Å². The highest BCUT2D eigenvalue weighted by atomic mass is 16.3. The van der Waals surface area contributed by atoms with Crippen molar-refractivity contribution in [2.24, 2.45) is 10.3 Å². The Morgan fingerprint density at radius 3 is 2.65 bits per heavy atom. The van der Waals surface area contributed by atoms with Crippen LogP contribution in [0, 0.1) is 0 Å². The Labute approximate surface area is 99.1 Å². The van der Waals surface area contributed by atoms with Gasteiger partial charge < -0.3 is 10.0 Å². The highest BCUT2D eigenvalue weighted by Crippen LogP contribution is 2.19. The quantitative estimate of drug-likeness (QED) is 0.630. The molecule has 0 spiro atoms. The average Bonchev–Trinajstić information content (AvgIpc) is 2.37. The molecule has 6 nitrogen and oxygen atoms in total. The van der Waals surface area contributed by atoms with Crippen molar-refractivity contribution < 1.29 is 9.90 Å². The maximum Gasteiger partial charge on any atom is 0.209 e. The molecule has 0 aliphatic carbocycles. The summed E-state index contributed by atoms with van der Waals surface area (Å²) in [7, 11) is 0. The van der Waals surface area contributed by atoms with Gasteiger partial charge in [0.25, 0.3) is 0 Å². The van der Waals surface area contributed by atoms with Gasteiger partial charge in [-0.1, -0.05) is 11.3 Å². The second kappa shape index (κ2) is 5.29. The molecule has 2 rings (SSSR count). The van der Waals surface area contributed by atoms with Crippen molar-refractivity contribution in [2.75, 3.05) is 26.2 Å². The molecule has 0 atom stereocenters. The third-order valence-corrected chi connectivity index (χ3v) is 2.56. The topological polar surface area (TPSA) is 68.5 Å². The molecule has 0 unspecified atom stereocenters. The largest absolute Gasteiger partial charge is 0.508 e. The number of aromatic hydroxyl groups is 1. The molecule has 17 heavy (non-hydrogen) atoms. The number of carbonyl (C=O) groups is 1. The van der Waals surface area contributed by atoms with Crippen LogP contribution in [0.3, 0.4) is 0 Å². The Balaban J connectivity index is 1.91. The highest BCUT2D eigenvalue weighted by Gasteiger charge is 2.13. The summed E-state index contributed by atoms with van der Waals surface area (Å²) in [6.45, 7) is 2.70. The van der Waals surface area contributed by atoms with Crippen LogP contribution in [-0.4, -0.2) is 47.6 Å². The Kier molecular flexibility index (Phi) is 3.54. The number of hydrogen-bond donors (Lipinski definition) is 1. The highest BCUT2D eigenvalue weighted by molar-refractivity contribution is 5.47. The van der Waals surface area contributed by atoms with Gasteiger partial charge in [0.1, 0.15) is 5.75 Å².